The van der Waals surface area contributed by atoms with Gasteiger partial charge in [-0.05, 0) is 38.0 Å². The van der Waals surface area contributed by atoms with Crippen molar-refractivity contribution in [2.24, 2.45) is 5.41 Å². The van der Waals surface area contributed by atoms with Crippen LogP contribution in [-0.2, 0) is 11.3 Å². The Bertz CT molecular complexity index is 1100. The van der Waals surface area contributed by atoms with Gasteiger partial charge >= 0.3 is 0 Å². The normalized spacial score (nSPS) is 23.7. The predicted octanol–water partition coefficient (Wildman–Crippen LogP) is 3.14. The molecule has 0 bridgehead atoms. The van der Waals surface area contributed by atoms with Crippen LogP contribution in [0.15, 0.2) is 30.5 Å². The molecule has 2 amide bonds. The van der Waals surface area contributed by atoms with Gasteiger partial charge < -0.3 is 19.7 Å². The van der Waals surface area contributed by atoms with Crippen LogP contribution in [0.4, 0.5) is 8.78 Å². The summed E-state index contributed by atoms with van der Waals surface area (Å²) in [5.74, 6) is -2.34. The SMILES string of the molecule is COc1ccc(CN2CCC3(CC(NC(=O)c4ccnc(C)n4)CC(F)(F)C3)C2=O)c(OC)c1. The van der Waals surface area contributed by atoms with Crippen molar-refractivity contribution < 1.29 is 27.8 Å². The number of aromatic nitrogens is 2. The van der Waals surface area contributed by atoms with Crippen molar-refractivity contribution in [2.45, 2.75) is 51.1 Å². The molecule has 10 heteroatoms. The minimum absolute atomic E-state index is 0.112. The maximum Gasteiger partial charge on any atom is 0.270 e. The van der Waals surface area contributed by atoms with Gasteiger partial charge in [0.1, 0.15) is 23.0 Å². The first kappa shape index (κ1) is 23.8. The highest BCUT2D eigenvalue weighted by molar-refractivity contribution is 5.92. The second-order valence-electron chi connectivity index (χ2n) is 9.04. The van der Waals surface area contributed by atoms with Crippen LogP contribution in [0.1, 0.15) is 47.6 Å². The maximum atomic E-state index is 14.8. The molecule has 2 unspecified atom stereocenters. The maximum absolute atomic E-state index is 14.8. The Labute approximate surface area is 196 Å². The number of carbonyl (C=O) groups is 2. The Hall–Kier alpha value is -3.30. The molecule has 1 saturated heterocycles. The van der Waals surface area contributed by atoms with Gasteiger partial charge in [-0.25, -0.2) is 18.7 Å². The number of amides is 2. The van der Waals surface area contributed by atoms with Gasteiger partial charge in [0.15, 0.2) is 0 Å². The van der Waals surface area contributed by atoms with E-state index in [9.17, 15) is 18.4 Å². The van der Waals surface area contributed by atoms with Gasteiger partial charge in [0.25, 0.3) is 11.8 Å². The summed E-state index contributed by atoms with van der Waals surface area (Å²) in [6, 6.07) is 5.89. The van der Waals surface area contributed by atoms with Crippen molar-refractivity contribution in [1.82, 2.24) is 20.2 Å². The molecule has 1 spiro atoms. The third kappa shape index (κ3) is 4.80. The van der Waals surface area contributed by atoms with Gasteiger partial charge in [-0.1, -0.05) is 0 Å². The van der Waals surface area contributed by atoms with E-state index >= 15 is 0 Å². The fourth-order valence-corrected chi connectivity index (χ4v) is 5.07. The second-order valence-corrected chi connectivity index (χ2v) is 9.04. The van der Waals surface area contributed by atoms with E-state index in [1.807, 2.05) is 0 Å². The van der Waals surface area contributed by atoms with Gasteiger partial charge in [0.2, 0.25) is 5.91 Å². The summed E-state index contributed by atoms with van der Waals surface area (Å²) in [5, 5.41) is 2.67. The van der Waals surface area contributed by atoms with Crippen molar-refractivity contribution in [3.8, 4) is 11.5 Å². The Morgan fingerprint density at radius 2 is 2.03 bits per heavy atom. The molecular weight excluding hydrogens is 446 g/mol. The topological polar surface area (TPSA) is 93.6 Å². The third-order valence-corrected chi connectivity index (χ3v) is 6.58. The molecule has 1 aromatic carbocycles. The van der Waals surface area contributed by atoms with E-state index in [-0.39, 0.29) is 24.6 Å². The predicted molar refractivity (Wildman–Crippen MR) is 119 cm³/mol. The van der Waals surface area contributed by atoms with E-state index in [2.05, 4.69) is 15.3 Å². The van der Waals surface area contributed by atoms with Gasteiger partial charge in [-0.15, -0.1) is 0 Å². The van der Waals surface area contributed by atoms with Crippen LogP contribution in [0.2, 0.25) is 0 Å². The first-order valence-electron chi connectivity index (χ1n) is 11.1. The van der Waals surface area contributed by atoms with Gasteiger partial charge in [0.05, 0.1) is 19.6 Å². The number of methoxy groups -OCH3 is 2. The number of alkyl halides is 2. The highest BCUT2D eigenvalue weighted by Gasteiger charge is 2.57. The van der Waals surface area contributed by atoms with E-state index in [0.717, 1.165) is 5.56 Å². The number of ether oxygens (including phenoxy) is 2. The number of nitrogens with zero attached hydrogens (tertiary/aromatic N) is 3. The smallest absolute Gasteiger partial charge is 0.270 e. The zero-order chi connectivity index (χ0) is 24.5. The number of hydrogen-bond acceptors (Lipinski definition) is 6. The number of likely N-dealkylation sites (tertiary alicyclic amines) is 1. The molecule has 1 aliphatic carbocycles. The van der Waals surface area contributed by atoms with E-state index in [4.69, 9.17) is 9.47 Å². The van der Waals surface area contributed by atoms with Gasteiger partial charge in [0, 0.05) is 49.8 Å². The Morgan fingerprint density at radius 3 is 2.74 bits per heavy atom. The van der Waals surface area contributed by atoms with Crippen molar-refractivity contribution in [3.63, 3.8) is 0 Å². The average molecular weight is 475 g/mol. The summed E-state index contributed by atoms with van der Waals surface area (Å²) in [7, 11) is 3.08. The van der Waals surface area contributed by atoms with Crippen LogP contribution in [-0.4, -0.2) is 59.4 Å². The summed E-state index contributed by atoms with van der Waals surface area (Å²) in [4.78, 5) is 35.7. The molecule has 34 heavy (non-hydrogen) atoms. The highest BCUT2D eigenvalue weighted by Crippen LogP contribution is 2.51. The molecule has 1 saturated carbocycles. The molecule has 1 N–H and O–H groups in total. The van der Waals surface area contributed by atoms with Crippen LogP contribution in [0, 0.1) is 12.3 Å². The Morgan fingerprint density at radius 1 is 1.24 bits per heavy atom. The first-order chi connectivity index (χ1) is 16.1. The zero-order valence-corrected chi connectivity index (χ0v) is 19.4. The molecule has 2 atom stereocenters. The molecule has 182 valence electrons. The summed E-state index contributed by atoms with van der Waals surface area (Å²) in [6.07, 6.45) is 0.880. The standard InChI is InChI=1S/C24H28F2N4O4/c1-15-27-8-6-19(28-15)21(31)29-17-11-23(14-24(25,26)12-17)7-9-30(22(23)32)13-16-4-5-18(33-2)10-20(16)34-3/h4-6,8,10,17H,7,9,11-14H2,1-3H3,(H,29,31). The van der Waals surface area contributed by atoms with Crippen molar-refractivity contribution in [3.05, 3.63) is 47.5 Å². The zero-order valence-electron chi connectivity index (χ0n) is 19.4. The monoisotopic (exact) mass is 474 g/mol. The highest BCUT2D eigenvalue weighted by atomic mass is 19.3. The Kier molecular flexibility index (Phi) is 6.42. The summed E-state index contributed by atoms with van der Waals surface area (Å²) >= 11 is 0. The number of nitrogens with one attached hydrogen (secondary N) is 1. The molecular formula is C24H28F2N4O4. The van der Waals surface area contributed by atoms with Gasteiger partial charge in [-0.3, -0.25) is 9.59 Å². The lowest BCUT2D eigenvalue weighted by molar-refractivity contribution is -0.149. The average Bonchev–Trinajstić information content (AvgIpc) is 3.07. The van der Waals surface area contributed by atoms with Crippen LogP contribution < -0.4 is 14.8 Å². The quantitative estimate of drug-likeness (QED) is 0.692. The first-order valence-corrected chi connectivity index (χ1v) is 11.1. The van der Waals surface area contributed by atoms with Crippen molar-refractivity contribution >= 4 is 11.8 Å². The van der Waals surface area contributed by atoms with Crippen molar-refractivity contribution in [1.29, 1.82) is 0 Å². The largest absolute Gasteiger partial charge is 0.497 e. The molecule has 0 radical (unpaired) electrons. The lowest BCUT2D eigenvalue weighted by atomic mass is 9.69. The van der Waals surface area contributed by atoms with Gasteiger partial charge in [-0.2, -0.15) is 0 Å². The number of benzene rings is 1. The minimum Gasteiger partial charge on any atom is -0.497 e. The summed E-state index contributed by atoms with van der Waals surface area (Å²) in [6.45, 7) is 2.25. The van der Waals surface area contributed by atoms with E-state index in [1.54, 1.807) is 37.1 Å². The van der Waals surface area contributed by atoms with E-state index in [0.29, 0.717) is 30.3 Å². The Balaban J connectivity index is 1.51. The molecule has 1 aliphatic heterocycles. The van der Waals surface area contributed by atoms with Crippen LogP contribution in [0.5, 0.6) is 11.5 Å². The molecule has 4 rings (SSSR count). The molecule has 2 aliphatic rings. The number of hydrogen-bond donors (Lipinski definition) is 1. The third-order valence-electron chi connectivity index (χ3n) is 6.58. The number of aryl methyl sites for hydroxylation is 1. The molecule has 1 aromatic heterocycles. The molecule has 2 aromatic rings. The lowest BCUT2D eigenvalue weighted by Gasteiger charge is -2.41. The van der Waals surface area contributed by atoms with E-state index in [1.165, 1.54) is 19.4 Å². The van der Waals surface area contributed by atoms with Crippen LogP contribution in [0.25, 0.3) is 0 Å². The number of halogens is 2. The summed E-state index contributed by atoms with van der Waals surface area (Å²) < 4.78 is 40.3. The lowest BCUT2D eigenvalue weighted by Crippen LogP contribution is -2.52. The minimum atomic E-state index is -3.07. The molecule has 8 nitrogen and oxygen atoms in total. The summed E-state index contributed by atoms with van der Waals surface area (Å²) in [5.41, 5.74) is -0.345. The number of carbonyl (C=O) groups excluding carboxylic acids is 2. The van der Waals surface area contributed by atoms with E-state index < -0.39 is 36.1 Å². The second kappa shape index (κ2) is 9.15. The molecule has 2 heterocycles. The fourth-order valence-electron chi connectivity index (χ4n) is 5.07. The van der Waals surface area contributed by atoms with Crippen LogP contribution in [0.3, 0.4) is 0 Å². The number of rotatable bonds is 6. The van der Waals surface area contributed by atoms with Crippen molar-refractivity contribution in [2.75, 3.05) is 20.8 Å². The fraction of sp³-hybridized carbons (Fsp3) is 0.500. The van der Waals surface area contributed by atoms with Crippen LogP contribution >= 0.6 is 0 Å². The molecule has 2 fully saturated rings.